The molecule has 2 aromatic rings. The second kappa shape index (κ2) is 6.91. The predicted octanol–water partition coefficient (Wildman–Crippen LogP) is 4.87. The van der Waals surface area contributed by atoms with E-state index >= 15 is 0 Å². The Labute approximate surface area is 149 Å². The van der Waals surface area contributed by atoms with Gasteiger partial charge in [-0.25, -0.2) is 0 Å². The largest absolute Gasteiger partial charge is 0.300 e. The van der Waals surface area contributed by atoms with E-state index in [1.807, 2.05) is 0 Å². The lowest BCUT2D eigenvalue weighted by Crippen LogP contribution is -2.40. The Bertz CT molecular complexity index is 701. The van der Waals surface area contributed by atoms with Gasteiger partial charge in [0, 0.05) is 27.8 Å². The molecule has 0 N–H and O–H groups in total. The maximum absolute atomic E-state index is 12.3. The number of ketones is 1. The topological polar surface area (TPSA) is 60.2 Å². The van der Waals surface area contributed by atoms with Gasteiger partial charge in [-0.15, -0.1) is 0 Å². The molecular weight excluding hydrogens is 349 g/mol. The van der Waals surface area contributed by atoms with Crippen LogP contribution >= 0.6 is 23.2 Å². The third kappa shape index (κ3) is 3.45. The first-order valence-corrected chi connectivity index (χ1v) is 8.37. The fourth-order valence-corrected chi connectivity index (χ4v) is 3.69. The zero-order chi connectivity index (χ0) is 17.3. The van der Waals surface area contributed by atoms with Crippen LogP contribution in [0.2, 0.25) is 10.0 Å². The molecule has 0 spiro atoms. The Kier molecular flexibility index (Phi) is 4.88. The Balaban J connectivity index is 2.02. The molecule has 0 amide bonds. The number of hydrogen-bond donors (Lipinski definition) is 0. The number of nitro groups is 1. The number of rotatable bonds is 3. The van der Waals surface area contributed by atoms with Crippen molar-refractivity contribution in [2.75, 3.05) is 0 Å². The van der Waals surface area contributed by atoms with Crippen molar-refractivity contribution in [1.82, 2.24) is 0 Å². The van der Waals surface area contributed by atoms with Crippen LogP contribution in [0.1, 0.15) is 35.8 Å². The number of benzene rings is 2. The van der Waals surface area contributed by atoms with Crippen molar-refractivity contribution in [3.05, 3.63) is 79.8 Å². The maximum Gasteiger partial charge on any atom is 0.227 e. The maximum atomic E-state index is 12.3. The number of carbonyl (C=O) groups excluding carboxylic acids is 1. The second-order valence-corrected chi connectivity index (χ2v) is 6.91. The van der Waals surface area contributed by atoms with Crippen molar-refractivity contribution in [2.45, 2.75) is 30.7 Å². The zero-order valence-electron chi connectivity index (χ0n) is 12.7. The molecule has 0 unspecified atom stereocenters. The molecule has 0 radical (unpaired) electrons. The molecule has 24 heavy (non-hydrogen) atoms. The van der Waals surface area contributed by atoms with E-state index in [0.717, 1.165) is 11.1 Å². The van der Waals surface area contributed by atoms with Gasteiger partial charge in [-0.05, 0) is 35.4 Å². The van der Waals surface area contributed by atoms with Gasteiger partial charge in [0.2, 0.25) is 6.04 Å². The number of nitrogens with zero attached hydrogens (tertiary/aromatic N) is 1. The van der Waals surface area contributed by atoms with Crippen LogP contribution in [0.3, 0.4) is 0 Å². The number of halogens is 2. The molecule has 4 nitrogen and oxygen atoms in total. The van der Waals surface area contributed by atoms with Gasteiger partial charge in [0.15, 0.2) is 0 Å². The number of carbonyl (C=O) groups is 1. The van der Waals surface area contributed by atoms with E-state index in [-0.39, 0.29) is 23.5 Å². The molecule has 6 heteroatoms. The molecule has 2 atom stereocenters. The minimum atomic E-state index is -0.856. The van der Waals surface area contributed by atoms with Crippen molar-refractivity contribution in [2.24, 2.45) is 0 Å². The van der Waals surface area contributed by atoms with Crippen molar-refractivity contribution in [3.8, 4) is 0 Å². The van der Waals surface area contributed by atoms with Crippen LogP contribution in [-0.2, 0) is 4.79 Å². The SMILES string of the molecule is O=C1C[C@H](c2ccc(Cl)cc2)C([N+](=O)[O-])[C@@H](c2ccc(Cl)cc2)C1. The first kappa shape index (κ1) is 16.9. The quantitative estimate of drug-likeness (QED) is 0.577. The van der Waals surface area contributed by atoms with Crippen molar-refractivity contribution in [1.29, 1.82) is 0 Å². The fraction of sp³-hybridized carbons (Fsp3) is 0.278. The smallest absolute Gasteiger partial charge is 0.227 e. The molecule has 0 aliphatic heterocycles. The highest BCUT2D eigenvalue weighted by Gasteiger charge is 2.46. The molecule has 0 heterocycles. The summed E-state index contributed by atoms with van der Waals surface area (Å²) in [5.41, 5.74) is 1.54. The monoisotopic (exact) mass is 363 g/mol. The molecule has 3 rings (SSSR count). The lowest BCUT2D eigenvalue weighted by Gasteiger charge is -2.32. The minimum absolute atomic E-state index is 0.0352. The number of Topliss-reactive ketones (excluding diaryl/α,β-unsaturated/α-hetero) is 1. The lowest BCUT2D eigenvalue weighted by atomic mass is 9.71. The van der Waals surface area contributed by atoms with Crippen LogP contribution in [0.25, 0.3) is 0 Å². The molecule has 0 aromatic heterocycles. The zero-order valence-corrected chi connectivity index (χ0v) is 14.2. The molecule has 0 bridgehead atoms. The first-order valence-electron chi connectivity index (χ1n) is 7.62. The first-order chi connectivity index (χ1) is 11.5. The van der Waals surface area contributed by atoms with Gasteiger partial charge in [-0.1, -0.05) is 47.5 Å². The fourth-order valence-electron chi connectivity index (χ4n) is 3.44. The van der Waals surface area contributed by atoms with Crippen molar-refractivity contribution >= 4 is 29.0 Å². The highest BCUT2D eigenvalue weighted by molar-refractivity contribution is 6.30. The average Bonchev–Trinajstić information content (AvgIpc) is 2.55. The molecule has 0 saturated heterocycles. The van der Waals surface area contributed by atoms with Crippen LogP contribution in [0.4, 0.5) is 0 Å². The van der Waals surface area contributed by atoms with Gasteiger partial charge < -0.3 is 0 Å². The Morgan fingerprint density at radius 1 is 0.833 bits per heavy atom. The van der Waals surface area contributed by atoms with Crippen LogP contribution in [0, 0.1) is 10.1 Å². The normalized spacial score (nSPS) is 21.7. The molecule has 1 aliphatic carbocycles. The van der Waals surface area contributed by atoms with Crippen LogP contribution in [-0.4, -0.2) is 16.7 Å². The highest BCUT2D eigenvalue weighted by Crippen LogP contribution is 2.42. The van der Waals surface area contributed by atoms with Gasteiger partial charge in [0.1, 0.15) is 5.78 Å². The van der Waals surface area contributed by atoms with Gasteiger partial charge in [0.25, 0.3) is 0 Å². The molecular formula is C18H15Cl2NO3. The summed E-state index contributed by atoms with van der Waals surface area (Å²) < 4.78 is 0. The van der Waals surface area contributed by atoms with Gasteiger partial charge >= 0.3 is 0 Å². The molecule has 124 valence electrons. The summed E-state index contributed by atoms with van der Waals surface area (Å²) >= 11 is 11.8. The molecule has 1 aliphatic rings. The summed E-state index contributed by atoms with van der Waals surface area (Å²) in [6.07, 6.45) is 0.356. The summed E-state index contributed by atoms with van der Waals surface area (Å²) in [4.78, 5) is 23.8. The predicted molar refractivity (Wildman–Crippen MR) is 93.4 cm³/mol. The highest BCUT2D eigenvalue weighted by atomic mass is 35.5. The second-order valence-electron chi connectivity index (χ2n) is 6.04. The van der Waals surface area contributed by atoms with E-state index in [1.54, 1.807) is 48.5 Å². The summed E-state index contributed by atoms with van der Waals surface area (Å²) in [7, 11) is 0. The Hall–Kier alpha value is -1.91. The van der Waals surface area contributed by atoms with E-state index in [4.69, 9.17) is 23.2 Å². The van der Waals surface area contributed by atoms with Crippen LogP contribution < -0.4 is 0 Å². The Morgan fingerprint density at radius 3 is 1.54 bits per heavy atom. The summed E-state index contributed by atoms with van der Waals surface area (Å²) in [5, 5.41) is 12.9. The Morgan fingerprint density at radius 2 is 1.21 bits per heavy atom. The lowest BCUT2D eigenvalue weighted by molar-refractivity contribution is -0.532. The third-order valence-corrected chi connectivity index (χ3v) is 5.06. The van der Waals surface area contributed by atoms with Gasteiger partial charge in [0.05, 0.1) is 11.8 Å². The van der Waals surface area contributed by atoms with Crippen LogP contribution in [0.15, 0.2) is 48.5 Å². The van der Waals surface area contributed by atoms with E-state index < -0.39 is 17.9 Å². The minimum Gasteiger partial charge on any atom is -0.300 e. The van der Waals surface area contributed by atoms with Gasteiger partial charge in [-0.2, -0.15) is 0 Å². The van der Waals surface area contributed by atoms with E-state index in [2.05, 4.69) is 0 Å². The summed E-state index contributed by atoms with van der Waals surface area (Å²) in [6.45, 7) is 0. The van der Waals surface area contributed by atoms with E-state index in [1.165, 1.54) is 0 Å². The summed E-state index contributed by atoms with van der Waals surface area (Å²) in [5.74, 6) is -0.883. The molecule has 1 fully saturated rings. The third-order valence-electron chi connectivity index (χ3n) is 4.56. The van der Waals surface area contributed by atoms with Crippen LogP contribution in [0.5, 0.6) is 0 Å². The van der Waals surface area contributed by atoms with Crippen molar-refractivity contribution < 1.29 is 9.72 Å². The van der Waals surface area contributed by atoms with E-state index in [0.29, 0.717) is 10.0 Å². The molecule has 2 aromatic carbocycles. The molecule has 1 saturated carbocycles. The summed E-state index contributed by atoms with van der Waals surface area (Å²) in [6, 6.07) is 13.0. The van der Waals surface area contributed by atoms with E-state index in [9.17, 15) is 14.9 Å². The standard InChI is InChI=1S/C18H15Cl2NO3/c19-13-5-1-11(2-6-13)16-9-15(22)10-17(18(16)21(23)24)12-3-7-14(20)8-4-12/h1-8,16-18H,9-10H2/t16-,17-/m1/s1. The number of hydrogen-bond acceptors (Lipinski definition) is 3. The van der Waals surface area contributed by atoms with Crippen molar-refractivity contribution in [3.63, 3.8) is 0 Å². The average molecular weight is 364 g/mol. The van der Waals surface area contributed by atoms with Gasteiger partial charge in [-0.3, -0.25) is 14.9 Å².